The number of carbonyl (C=O) groups is 3. The van der Waals surface area contributed by atoms with Crippen LogP contribution in [0.15, 0.2) is 41.8 Å². The average molecular weight is 436 g/mol. The highest BCUT2D eigenvalue weighted by molar-refractivity contribution is 7.93. The van der Waals surface area contributed by atoms with E-state index in [-0.39, 0.29) is 24.2 Å². The van der Waals surface area contributed by atoms with Crippen LogP contribution in [0.25, 0.3) is 0 Å². The Morgan fingerprint density at radius 1 is 1.20 bits per heavy atom. The summed E-state index contributed by atoms with van der Waals surface area (Å²) in [6.07, 6.45) is 1.16. The van der Waals surface area contributed by atoms with Gasteiger partial charge in [-0.25, -0.2) is 13.2 Å². The van der Waals surface area contributed by atoms with E-state index in [9.17, 15) is 22.8 Å². The second kappa shape index (κ2) is 8.34. The number of imide groups is 1. The van der Waals surface area contributed by atoms with Crippen LogP contribution in [0.2, 0.25) is 0 Å². The lowest BCUT2D eigenvalue weighted by molar-refractivity contribution is -0.166. The molecule has 1 aliphatic heterocycles. The summed E-state index contributed by atoms with van der Waals surface area (Å²) in [6.45, 7) is 11.7. The molecule has 0 radical (unpaired) electrons. The van der Waals surface area contributed by atoms with Crippen molar-refractivity contribution in [3.05, 3.63) is 42.5 Å². The fraction of sp³-hybridized carbons (Fsp3) is 0.500. The Bertz CT molecular complexity index is 958. The van der Waals surface area contributed by atoms with E-state index < -0.39 is 44.0 Å². The summed E-state index contributed by atoms with van der Waals surface area (Å²) in [5, 5.41) is 0. The molecule has 0 N–H and O–H groups in total. The third-order valence-corrected chi connectivity index (χ3v) is 7.44. The molecule has 0 aliphatic carbocycles. The molecule has 0 bridgehead atoms. The molecule has 1 aromatic rings. The number of hydrogen-bond acceptors (Lipinski definition) is 6. The van der Waals surface area contributed by atoms with Crippen molar-refractivity contribution in [2.45, 2.75) is 75.2 Å². The monoisotopic (exact) mass is 435 g/mol. The zero-order valence-corrected chi connectivity index (χ0v) is 18.9. The van der Waals surface area contributed by atoms with Crippen molar-refractivity contribution in [1.82, 2.24) is 4.90 Å². The van der Waals surface area contributed by atoms with E-state index in [4.69, 9.17) is 4.74 Å². The van der Waals surface area contributed by atoms with Gasteiger partial charge in [0.05, 0.1) is 4.90 Å². The van der Waals surface area contributed by atoms with Gasteiger partial charge < -0.3 is 4.74 Å². The molecule has 2 atom stereocenters. The van der Waals surface area contributed by atoms with Crippen molar-refractivity contribution in [2.75, 3.05) is 0 Å². The van der Waals surface area contributed by atoms with Crippen LogP contribution in [-0.2, 0) is 29.0 Å². The molecule has 2 amide bonds. The van der Waals surface area contributed by atoms with Gasteiger partial charge in [-0.15, -0.1) is 6.58 Å². The van der Waals surface area contributed by atoms with Crippen LogP contribution in [0.3, 0.4) is 0 Å². The number of rotatable bonds is 6. The van der Waals surface area contributed by atoms with Gasteiger partial charge in [0.1, 0.15) is 11.6 Å². The number of ether oxygens (including phenoxy) is 1. The third kappa shape index (κ3) is 4.48. The number of aryl methyl sites for hydroxylation is 1. The molecule has 1 saturated heterocycles. The number of carbonyl (C=O) groups excluding carboxylic acids is 3. The molecular formula is C22H29NO6S. The van der Waals surface area contributed by atoms with E-state index in [1.807, 2.05) is 6.92 Å². The van der Waals surface area contributed by atoms with Gasteiger partial charge in [0.25, 0.3) is 5.91 Å². The Labute approximate surface area is 178 Å². The number of nitrogens with zero attached hydrogens (tertiary/aromatic N) is 1. The van der Waals surface area contributed by atoms with Gasteiger partial charge in [0.15, 0.2) is 14.6 Å². The lowest BCUT2D eigenvalue weighted by Gasteiger charge is -2.33. The minimum atomic E-state index is -4.19. The van der Waals surface area contributed by atoms with Crippen LogP contribution in [0.5, 0.6) is 0 Å². The van der Waals surface area contributed by atoms with Crippen LogP contribution in [0.1, 0.15) is 52.5 Å². The molecule has 0 spiro atoms. The van der Waals surface area contributed by atoms with Gasteiger partial charge in [-0.05, 0) is 59.6 Å². The molecular weight excluding hydrogens is 406 g/mol. The highest BCUT2D eigenvalue weighted by Crippen LogP contribution is 2.35. The van der Waals surface area contributed by atoms with Crippen LogP contribution in [0, 0.1) is 6.92 Å². The summed E-state index contributed by atoms with van der Waals surface area (Å²) >= 11 is 0. The van der Waals surface area contributed by atoms with E-state index in [1.165, 1.54) is 25.1 Å². The summed E-state index contributed by atoms with van der Waals surface area (Å²) in [5.41, 5.74) is 0.0564. The van der Waals surface area contributed by atoms with Gasteiger partial charge >= 0.3 is 5.97 Å². The molecule has 1 heterocycles. The normalized spacial score (nSPS) is 19.3. The summed E-state index contributed by atoms with van der Waals surface area (Å²) in [7, 11) is -4.19. The molecule has 0 saturated carbocycles. The maximum absolute atomic E-state index is 13.5. The van der Waals surface area contributed by atoms with Crippen LogP contribution < -0.4 is 0 Å². The Morgan fingerprint density at radius 3 is 2.27 bits per heavy atom. The van der Waals surface area contributed by atoms with Crippen molar-refractivity contribution in [3.8, 4) is 0 Å². The summed E-state index contributed by atoms with van der Waals surface area (Å²) in [4.78, 5) is 39.4. The molecule has 0 unspecified atom stereocenters. The third-order valence-electron chi connectivity index (χ3n) is 5.02. The first-order chi connectivity index (χ1) is 13.7. The molecule has 30 heavy (non-hydrogen) atoms. The number of allylic oxidation sites excluding steroid dienone is 1. The maximum atomic E-state index is 13.5. The second-order valence-corrected chi connectivity index (χ2v) is 11.1. The molecule has 1 fully saturated rings. The topological polar surface area (TPSA) is 97.8 Å². The van der Waals surface area contributed by atoms with Crippen LogP contribution in [0.4, 0.5) is 0 Å². The lowest BCUT2D eigenvalue weighted by atomic mass is 10.0. The van der Waals surface area contributed by atoms with Gasteiger partial charge in [0, 0.05) is 6.42 Å². The minimum absolute atomic E-state index is 0.0359. The van der Waals surface area contributed by atoms with E-state index in [0.29, 0.717) is 0 Å². The largest absolute Gasteiger partial charge is 0.458 e. The van der Waals surface area contributed by atoms with Gasteiger partial charge in [0.2, 0.25) is 5.91 Å². The highest BCUT2D eigenvalue weighted by Gasteiger charge is 2.54. The quantitative estimate of drug-likeness (QED) is 0.503. The Morgan fingerprint density at radius 2 is 1.77 bits per heavy atom. The Hall–Kier alpha value is -2.48. The molecule has 164 valence electrons. The SMILES string of the molecule is C=CC[C@](C)(C(=O)N1C(=O)CC[C@H]1C(=O)OC(C)(C)C)S(=O)(=O)c1ccc(C)cc1. The molecule has 2 rings (SSSR count). The lowest BCUT2D eigenvalue weighted by Crippen LogP contribution is -2.56. The first-order valence-electron chi connectivity index (χ1n) is 9.76. The minimum Gasteiger partial charge on any atom is -0.458 e. The zero-order valence-electron chi connectivity index (χ0n) is 18.1. The van der Waals surface area contributed by atoms with Crippen molar-refractivity contribution < 1.29 is 27.5 Å². The van der Waals surface area contributed by atoms with E-state index in [1.54, 1.807) is 32.9 Å². The highest BCUT2D eigenvalue weighted by atomic mass is 32.2. The zero-order chi connectivity index (χ0) is 22.9. The van der Waals surface area contributed by atoms with E-state index in [2.05, 4.69) is 6.58 Å². The number of benzene rings is 1. The van der Waals surface area contributed by atoms with Gasteiger partial charge in [-0.2, -0.15) is 0 Å². The van der Waals surface area contributed by atoms with E-state index in [0.717, 1.165) is 10.5 Å². The predicted octanol–water partition coefficient (Wildman–Crippen LogP) is 2.96. The maximum Gasteiger partial charge on any atom is 0.329 e. The Balaban J connectivity index is 2.50. The van der Waals surface area contributed by atoms with E-state index >= 15 is 0 Å². The number of sulfone groups is 1. The predicted molar refractivity (Wildman–Crippen MR) is 112 cm³/mol. The summed E-state index contributed by atoms with van der Waals surface area (Å²) < 4.78 is 30.2. The molecule has 1 aliphatic rings. The van der Waals surface area contributed by atoms with Crippen LogP contribution >= 0.6 is 0 Å². The second-order valence-electron chi connectivity index (χ2n) is 8.70. The number of amides is 2. The standard InChI is InChI=1S/C22H29NO6S/c1-7-14-22(6,30(27,28)16-10-8-15(2)9-11-16)20(26)23-17(12-13-18(23)24)19(25)29-21(3,4)5/h7-11,17H,1,12-14H2,2-6H3/t17-,22+/m0/s1. The number of likely N-dealkylation sites (tertiary alicyclic amines) is 1. The first-order valence-corrected chi connectivity index (χ1v) is 11.2. The summed E-state index contributed by atoms with van der Waals surface area (Å²) in [6, 6.07) is 4.97. The van der Waals surface area contributed by atoms with Gasteiger partial charge in [-0.1, -0.05) is 23.8 Å². The average Bonchev–Trinajstić information content (AvgIpc) is 3.01. The molecule has 8 heteroatoms. The fourth-order valence-electron chi connectivity index (χ4n) is 3.35. The Kier molecular flexibility index (Phi) is 6.61. The van der Waals surface area contributed by atoms with Gasteiger partial charge in [-0.3, -0.25) is 14.5 Å². The van der Waals surface area contributed by atoms with Crippen molar-refractivity contribution in [2.24, 2.45) is 0 Å². The van der Waals surface area contributed by atoms with Crippen LogP contribution in [-0.4, -0.2) is 47.5 Å². The van der Waals surface area contributed by atoms with Crippen molar-refractivity contribution >= 4 is 27.6 Å². The summed E-state index contributed by atoms with van der Waals surface area (Å²) in [5.74, 6) is -2.26. The van der Waals surface area contributed by atoms with Crippen molar-refractivity contribution in [1.29, 1.82) is 0 Å². The molecule has 7 nitrogen and oxygen atoms in total. The number of esters is 1. The molecule has 0 aromatic heterocycles. The number of hydrogen-bond donors (Lipinski definition) is 0. The van der Waals surface area contributed by atoms with Crippen molar-refractivity contribution in [3.63, 3.8) is 0 Å². The smallest absolute Gasteiger partial charge is 0.329 e. The first kappa shape index (κ1) is 23.8. The molecule has 1 aromatic carbocycles. The fourth-order valence-corrected chi connectivity index (χ4v) is 5.03.